The zero-order valence-electron chi connectivity index (χ0n) is 14.7. The molecule has 26 heavy (non-hydrogen) atoms. The highest BCUT2D eigenvalue weighted by molar-refractivity contribution is 5.96. The molecule has 0 bridgehead atoms. The summed E-state index contributed by atoms with van der Waals surface area (Å²) in [5, 5.41) is 2.76. The van der Waals surface area contributed by atoms with Crippen molar-refractivity contribution >= 4 is 23.2 Å². The number of benzene rings is 2. The number of hydrogen-bond acceptors (Lipinski definition) is 5. The van der Waals surface area contributed by atoms with Crippen LogP contribution in [0.3, 0.4) is 0 Å². The fourth-order valence-electron chi connectivity index (χ4n) is 2.70. The number of nitrogens with one attached hydrogen (secondary N) is 1. The molecule has 7 nitrogen and oxygen atoms in total. The molecule has 0 saturated carbocycles. The average Bonchev–Trinajstić information content (AvgIpc) is 2.66. The van der Waals surface area contributed by atoms with Crippen molar-refractivity contribution in [2.24, 2.45) is 0 Å². The van der Waals surface area contributed by atoms with Crippen molar-refractivity contribution < 1.29 is 23.8 Å². The van der Waals surface area contributed by atoms with E-state index in [0.29, 0.717) is 41.8 Å². The fraction of sp³-hybridized carbons (Fsp3) is 0.263. The van der Waals surface area contributed by atoms with E-state index in [9.17, 15) is 9.59 Å². The van der Waals surface area contributed by atoms with Crippen LogP contribution in [0.5, 0.6) is 17.2 Å². The minimum atomic E-state index is -0.318. The number of rotatable bonds is 5. The summed E-state index contributed by atoms with van der Waals surface area (Å²) in [6.45, 7) is 2.27. The molecule has 0 radical (unpaired) electrons. The molecule has 3 rings (SSSR count). The molecule has 1 N–H and O–H groups in total. The predicted octanol–water partition coefficient (Wildman–Crippen LogP) is 2.46. The fourth-order valence-corrected chi connectivity index (χ4v) is 2.70. The van der Waals surface area contributed by atoms with Gasteiger partial charge < -0.3 is 24.4 Å². The minimum absolute atomic E-state index is 0.0717. The van der Waals surface area contributed by atoms with E-state index in [1.54, 1.807) is 41.3 Å². The summed E-state index contributed by atoms with van der Waals surface area (Å²) in [6, 6.07) is 12.3. The lowest BCUT2D eigenvalue weighted by Gasteiger charge is -2.29. The van der Waals surface area contributed by atoms with Crippen LogP contribution in [0.1, 0.15) is 6.92 Å². The Balaban J connectivity index is 1.66. The summed E-state index contributed by atoms with van der Waals surface area (Å²) in [5.74, 6) is 1.28. The van der Waals surface area contributed by atoms with E-state index in [2.05, 4.69) is 5.32 Å². The first-order chi connectivity index (χ1) is 12.6. The SMILES string of the molecule is COc1ccccc1OCC(=O)Nc1ccc2c(c1)N(C(C)=O)CCO2. The number of nitrogens with zero attached hydrogens (tertiary/aromatic N) is 1. The predicted molar refractivity (Wildman–Crippen MR) is 97.1 cm³/mol. The molecule has 1 heterocycles. The van der Waals surface area contributed by atoms with Gasteiger partial charge in [-0.05, 0) is 30.3 Å². The molecule has 0 saturated heterocycles. The number of ether oxygens (including phenoxy) is 3. The first-order valence-corrected chi connectivity index (χ1v) is 8.19. The molecular formula is C19H20N2O5. The summed E-state index contributed by atoms with van der Waals surface area (Å²) >= 11 is 0. The Kier molecular flexibility index (Phi) is 5.26. The van der Waals surface area contributed by atoms with E-state index in [1.807, 2.05) is 6.07 Å². The third-order valence-electron chi connectivity index (χ3n) is 3.91. The van der Waals surface area contributed by atoms with Gasteiger partial charge in [0.05, 0.1) is 19.3 Å². The first-order valence-electron chi connectivity index (χ1n) is 8.19. The molecule has 136 valence electrons. The van der Waals surface area contributed by atoms with Gasteiger partial charge in [0.15, 0.2) is 18.1 Å². The number of carbonyl (C=O) groups excluding carboxylic acids is 2. The van der Waals surface area contributed by atoms with Gasteiger partial charge in [0.2, 0.25) is 5.91 Å². The number of carbonyl (C=O) groups is 2. The van der Waals surface area contributed by atoms with Crippen molar-refractivity contribution in [3.8, 4) is 17.2 Å². The third kappa shape index (κ3) is 3.88. The highest BCUT2D eigenvalue weighted by Crippen LogP contribution is 2.34. The van der Waals surface area contributed by atoms with Crippen molar-refractivity contribution in [1.29, 1.82) is 0 Å². The zero-order valence-corrected chi connectivity index (χ0v) is 14.7. The first kappa shape index (κ1) is 17.6. The van der Waals surface area contributed by atoms with E-state index >= 15 is 0 Å². The summed E-state index contributed by atoms with van der Waals surface area (Å²) < 4.78 is 16.2. The maximum absolute atomic E-state index is 12.2. The molecule has 0 atom stereocenters. The Hall–Kier alpha value is -3.22. The Morgan fingerprint density at radius 2 is 1.96 bits per heavy atom. The molecule has 0 fully saturated rings. The van der Waals surface area contributed by atoms with Crippen LogP contribution < -0.4 is 24.4 Å². The smallest absolute Gasteiger partial charge is 0.262 e. The summed E-state index contributed by atoms with van der Waals surface area (Å²) in [6.07, 6.45) is 0. The average molecular weight is 356 g/mol. The molecule has 0 spiro atoms. The maximum atomic E-state index is 12.2. The summed E-state index contributed by atoms with van der Waals surface area (Å²) in [7, 11) is 1.54. The van der Waals surface area contributed by atoms with E-state index in [0.717, 1.165) is 0 Å². The maximum Gasteiger partial charge on any atom is 0.262 e. The van der Waals surface area contributed by atoms with Crippen LogP contribution in [0.4, 0.5) is 11.4 Å². The molecule has 2 aromatic rings. The van der Waals surface area contributed by atoms with Crippen LogP contribution in [0.15, 0.2) is 42.5 Å². The number of hydrogen-bond donors (Lipinski definition) is 1. The normalized spacial score (nSPS) is 12.6. The van der Waals surface area contributed by atoms with Crippen molar-refractivity contribution in [3.05, 3.63) is 42.5 Å². The topological polar surface area (TPSA) is 77.1 Å². The Labute approximate surface area is 151 Å². The lowest BCUT2D eigenvalue weighted by atomic mass is 10.2. The monoisotopic (exact) mass is 356 g/mol. The second-order valence-electron chi connectivity index (χ2n) is 5.69. The Morgan fingerprint density at radius 1 is 1.19 bits per heavy atom. The lowest BCUT2D eigenvalue weighted by Crippen LogP contribution is -2.36. The second-order valence-corrected chi connectivity index (χ2v) is 5.69. The molecule has 2 amide bonds. The van der Waals surface area contributed by atoms with Gasteiger partial charge in [0.25, 0.3) is 5.91 Å². The second kappa shape index (κ2) is 7.77. The van der Waals surface area contributed by atoms with Gasteiger partial charge in [0.1, 0.15) is 12.4 Å². The van der Waals surface area contributed by atoms with Gasteiger partial charge >= 0.3 is 0 Å². The minimum Gasteiger partial charge on any atom is -0.493 e. The van der Waals surface area contributed by atoms with E-state index in [4.69, 9.17) is 14.2 Å². The zero-order chi connectivity index (χ0) is 18.5. The van der Waals surface area contributed by atoms with E-state index < -0.39 is 0 Å². The van der Waals surface area contributed by atoms with Gasteiger partial charge in [0, 0.05) is 12.6 Å². The van der Waals surface area contributed by atoms with Crippen molar-refractivity contribution in [3.63, 3.8) is 0 Å². The lowest BCUT2D eigenvalue weighted by molar-refractivity contribution is -0.118. The number of fused-ring (bicyclic) bond motifs is 1. The Bertz CT molecular complexity index is 821. The van der Waals surface area contributed by atoms with Crippen LogP contribution in [0.2, 0.25) is 0 Å². The highest BCUT2D eigenvalue weighted by atomic mass is 16.5. The number of anilines is 2. The molecule has 1 aliphatic heterocycles. The van der Waals surface area contributed by atoms with Crippen molar-refractivity contribution in [2.75, 3.05) is 37.1 Å². The highest BCUT2D eigenvalue weighted by Gasteiger charge is 2.21. The molecule has 0 aromatic heterocycles. The molecule has 1 aliphatic rings. The van der Waals surface area contributed by atoms with Crippen LogP contribution >= 0.6 is 0 Å². The van der Waals surface area contributed by atoms with Gasteiger partial charge in [-0.15, -0.1) is 0 Å². The largest absolute Gasteiger partial charge is 0.493 e. The van der Waals surface area contributed by atoms with Gasteiger partial charge in [-0.3, -0.25) is 9.59 Å². The van der Waals surface area contributed by atoms with E-state index in [-0.39, 0.29) is 18.4 Å². The quantitative estimate of drug-likeness (QED) is 0.890. The summed E-state index contributed by atoms with van der Waals surface area (Å²) in [5.41, 5.74) is 1.21. The van der Waals surface area contributed by atoms with Gasteiger partial charge in [-0.25, -0.2) is 0 Å². The van der Waals surface area contributed by atoms with Crippen molar-refractivity contribution in [1.82, 2.24) is 0 Å². The molecule has 2 aromatic carbocycles. The van der Waals surface area contributed by atoms with Gasteiger partial charge in [-0.2, -0.15) is 0 Å². The Morgan fingerprint density at radius 3 is 2.69 bits per heavy atom. The van der Waals surface area contributed by atoms with Crippen LogP contribution in [0, 0.1) is 0 Å². The molecule has 7 heteroatoms. The third-order valence-corrected chi connectivity index (χ3v) is 3.91. The molecular weight excluding hydrogens is 336 g/mol. The van der Waals surface area contributed by atoms with Crippen LogP contribution in [-0.2, 0) is 9.59 Å². The van der Waals surface area contributed by atoms with Gasteiger partial charge in [-0.1, -0.05) is 12.1 Å². The number of amides is 2. The number of para-hydroxylation sites is 2. The van der Waals surface area contributed by atoms with Crippen molar-refractivity contribution in [2.45, 2.75) is 6.92 Å². The summed E-state index contributed by atoms with van der Waals surface area (Å²) in [4.78, 5) is 25.6. The molecule has 0 aliphatic carbocycles. The van der Waals surface area contributed by atoms with Crippen LogP contribution in [0.25, 0.3) is 0 Å². The van der Waals surface area contributed by atoms with Crippen LogP contribution in [-0.4, -0.2) is 38.7 Å². The molecule has 0 unspecified atom stereocenters. The van der Waals surface area contributed by atoms with E-state index in [1.165, 1.54) is 14.0 Å². The standard InChI is InChI=1S/C19H20N2O5/c1-13(22)21-9-10-25-16-8-7-14(11-15(16)21)20-19(23)12-26-18-6-4-3-5-17(18)24-2/h3-8,11H,9-10,12H2,1-2H3,(H,20,23). The number of methoxy groups -OCH3 is 1.